The van der Waals surface area contributed by atoms with Crippen molar-refractivity contribution in [2.24, 2.45) is 0 Å². The van der Waals surface area contributed by atoms with Crippen LogP contribution < -0.4 is 10.2 Å². The second-order valence-electron chi connectivity index (χ2n) is 12.4. The summed E-state index contributed by atoms with van der Waals surface area (Å²) in [6, 6.07) is 10.4. The van der Waals surface area contributed by atoms with Crippen LogP contribution in [0.15, 0.2) is 36.4 Å². The molecule has 0 radical (unpaired) electrons. The quantitative estimate of drug-likeness (QED) is 0.479. The molecule has 2 aromatic carbocycles. The maximum Gasteiger partial charge on any atom is 0.496 e. The number of hydrogen-bond acceptors (Lipinski definition) is 6. The van der Waals surface area contributed by atoms with E-state index in [-0.39, 0.29) is 11.6 Å². The molecular weight excluding hydrogens is 524 g/mol. The average Bonchev–Trinajstić information content (AvgIpc) is 3.33. The molecule has 3 heterocycles. The lowest BCUT2D eigenvalue weighted by Crippen LogP contribution is -2.61. The minimum absolute atomic E-state index is 0.0661. The van der Waals surface area contributed by atoms with E-state index < -0.39 is 47.5 Å². The molecule has 3 aliphatic rings. The molecule has 1 amide bonds. The van der Waals surface area contributed by atoms with Crippen LogP contribution in [-0.4, -0.2) is 60.7 Å². The van der Waals surface area contributed by atoms with E-state index in [1.807, 2.05) is 78.8 Å². The van der Waals surface area contributed by atoms with Crippen LogP contribution in [0.5, 0.6) is 5.75 Å². The molecule has 0 bridgehead atoms. The fourth-order valence-electron chi connectivity index (χ4n) is 5.42. The molecule has 2 unspecified atom stereocenters. The summed E-state index contributed by atoms with van der Waals surface area (Å²) in [5.41, 5.74) is -1.18. The van der Waals surface area contributed by atoms with Gasteiger partial charge in [-0.3, -0.25) is 4.90 Å². The highest BCUT2D eigenvalue weighted by Gasteiger charge is 2.57. The van der Waals surface area contributed by atoms with Gasteiger partial charge >= 0.3 is 13.2 Å². The molecule has 0 N–H and O–H groups in total. The summed E-state index contributed by atoms with van der Waals surface area (Å²) >= 11 is 6.62. The van der Waals surface area contributed by atoms with Gasteiger partial charge in [0.05, 0.1) is 29.4 Å². The van der Waals surface area contributed by atoms with Crippen LogP contribution in [0, 0.1) is 5.82 Å². The standard InChI is InChI=1S/C29H36BClFNO6/c1-26(2,3)37-25(34)33-13-14-35-17-22(33)29(18-11-9-8-10-12-18)16-19-21(36-29)15-20(32)24(31)23(19)30-38-27(4,5)28(6,7)39-30/h8-12,15,22H,13-14,16-17H2,1-7H3. The zero-order valence-corrected chi connectivity index (χ0v) is 24.4. The zero-order chi connectivity index (χ0) is 28.4. The van der Waals surface area contributed by atoms with E-state index in [1.54, 1.807) is 4.90 Å². The molecule has 0 aromatic heterocycles. The van der Waals surface area contributed by atoms with Crippen molar-refractivity contribution in [3.8, 4) is 5.75 Å². The Balaban J connectivity index is 1.63. The van der Waals surface area contributed by atoms with Crippen LogP contribution in [-0.2, 0) is 30.8 Å². The Morgan fingerprint density at radius 3 is 2.38 bits per heavy atom. The maximum absolute atomic E-state index is 15.3. The van der Waals surface area contributed by atoms with Crippen molar-refractivity contribution in [1.29, 1.82) is 0 Å². The highest BCUT2D eigenvalue weighted by atomic mass is 35.5. The van der Waals surface area contributed by atoms with Gasteiger partial charge in [-0.1, -0.05) is 41.9 Å². The summed E-state index contributed by atoms with van der Waals surface area (Å²) in [7, 11) is -0.897. The Labute approximate surface area is 235 Å². The minimum atomic E-state index is -1.10. The average molecular weight is 560 g/mol. The smallest absolute Gasteiger partial charge is 0.480 e. The Kier molecular flexibility index (Phi) is 6.98. The van der Waals surface area contributed by atoms with E-state index >= 15 is 4.39 Å². The summed E-state index contributed by atoms with van der Waals surface area (Å²) in [6.07, 6.45) is -0.167. The number of hydrogen-bond donors (Lipinski definition) is 0. The van der Waals surface area contributed by atoms with Gasteiger partial charge in [-0.05, 0) is 54.0 Å². The van der Waals surface area contributed by atoms with Crippen LogP contribution >= 0.6 is 11.6 Å². The van der Waals surface area contributed by atoms with Crippen LogP contribution in [0.25, 0.3) is 0 Å². The van der Waals surface area contributed by atoms with Crippen LogP contribution in [0.2, 0.25) is 5.02 Å². The van der Waals surface area contributed by atoms with Gasteiger partial charge in [0.2, 0.25) is 0 Å². The molecule has 2 atom stereocenters. The second kappa shape index (κ2) is 9.65. The summed E-state index contributed by atoms with van der Waals surface area (Å²) in [6.45, 7) is 14.1. The number of halogens is 2. The molecule has 2 fully saturated rings. The minimum Gasteiger partial charge on any atom is -0.480 e. The van der Waals surface area contributed by atoms with Gasteiger partial charge in [-0.25, -0.2) is 9.18 Å². The third-order valence-corrected chi connectivity index (χ3v) is 8.49. The summed E-state index contributed by atoms with van der Waals surface area (Å²) in [5.74, 6) is -0.298. The molecule has 2 saturated heterocycles. The van der Waals surface area contributed by atoms with E-state index in [0.717, 1.165) is 5.56 Å². The van der Waals surface area contributed by atoms with Crippen molar-refractivity contribution < 1.29 is 32.7 Å². The Hall–Kier alpha value is -2.33. The topological polar surface area (TPSA) is 66.5 Å². The summed E-state index contributed by atoms with van der Waals surface area (Å²) in [4.78, 5) is 15.1. The number of ether oxygens (including phenoxy) is 3. The molecule has 210 valence electrons. The maximum atomic E-state index is 15.3. The first-order chi connectivity index (χ1) is 18.2. The molecule has 0 saturated carbocycles. The monoisotopic (exact) mass is 559 g/mol. The van der Waals surface area contributed by atoms with Crippen molar-refractivity contribution in [2.75, 3.05) is 19.8 Å². The van der Waals surface area contributed by atoms with Crippen LogP contribution in [0.3, 0.4) is 0 Å². The van der Waals surface area contributed by atoms with Gasteiger partial charge in [0.1, 0.15) is 23.2 Å². The van der Waals surface area contributed by atoms with Crippen molar-refractivity contribution in [3.63, 3.8) is 0 Å². The van der Waals surface area contributed by atoms with Crippen molar-refractivity contribution in [3.05, 3.63) is 58.4 Å². The molecule has 7 nitrogen and oxygen atoms in total. The fourth-order valence-corrected chi connectivity index (χ4v) is 5.68. The summed E-state index contributed by atoms with van der Waals surface area (Å²) < 4.78 is 46.3. The number of nitrogens with zero attached hydrogens (tertiary/aromatic N) is 1. The highest BCUT2D eigenvalue weighted by Crippen LogP contribution is 2.48. The second-order valence-corrected chi connectivity index (χ2v) is 12.8. The first-order valence-electron chi connectivity index (χ1n) is 13.3. The molecule has 10 heteroatoms. The first kappa shape index (κ1) is 28.2. The largest absolute Gasteiger partial charge is 0.496 e. The van der Waals surface area contributed by atoms with Gasteiger partial charge in [-0.2, -0.15) is 0 Å². The fraction of sp³-hybridized carbons (Fsp3) is 0.552. The number of carbonyl (C=O) groups is 1. The Morgan fingerprint density at radius 2 is 1.77 bits per heavy atom. The van der Waals surface area contributed by atoms with Crippen LogP contribution in [0.1, 0.15) is 59.6 Å². The van der Waals surface area contributed by atoms with Gasteiger partial charge < -0.3 is 23.5 Å². The van der Waals surface area contributed by atoms with E-state index in [9.17, 15) is 4.79 Å². The van der Waals surface area contributed by atoms with Crippen LogP contribution in [0.4, 0.5) is 9.18 Å². The highest BCUT2D eigenvalue weighted by molar-refractivity contribution is 6.66. The van der Waals surface area contributed by atoms with Crippen molar-refractivity contribution in [1.82, 2.24) is 4.90 Å². The molecule has 0 aliphatic carbocycles. The third-order valence-electron chi connectivity index (χ3n) is 8.10. The lowest BCUT2D eigenvalue weighted by molar-refractivity contribution is -0.0957. The molecule has 5 rings (SSSR count). The van der Waals surface area contributed by atoms with Gasteiger partial charge in [0.25, 0.3) is 0 Å². The van der Waals surface area contributed by atoms with E-state index in [4.69, 9.17) is 35.1 Å². The number of fused-ring (bicyclic) bond motifs is 1. The lowest BCUT2D eigenvalue weighted by Gasteiger charge is -2.45. The molecule has 39 heavy (non-hydrogen) atoms. The molecule has 0 spiro atoms. The van der Waals surface area contributed by atoms with Gasteiger partial charge in [0, 0.05) is 30.1 Å². The van der Waals surface area contributed by atoms with Gasteiger partial charge in [0.15, 0.2) is 5.60 Å². The third kappa shape index (κ3) is 4.92. The first-order valence-corrected chi connectivity index (χ1v) is 13.7. The number of carbonyl (C=O) groups excluding carboxylic acids is 1. The van der Waals surface area contributed by atoms with E-state index in [1.165, 1.54) is 6.07 Å². The predicted octanol–water partition coefficient (Wildman–Crippen LogP) is 5.24. The predicted molar refractivity (Wildman–Crippen MR) is 147 cm³/mol. The summed E-state index contributed by atoms with van der Waals surface area (Å²) in [5, 5.41) is -0.0661. The SMILES string of the molecule is CC(C)(C)OC(=O)N1CCOCC1C1(c2ccccc2)Cc2c(cc(F)c(Cl)c2B2OC(C)(C)C(C)(C)O2)O1. The number of amides is 1. The molecular formula is C29H36BClFNO6. The Morgan fingerprint density at radius 1 is 1.13 bits per heavy atom. The number of morpholine rings is 1. The molecule has 2 aromatic rings. The van der Waals surface area contributed by atoms with E-state index in [2.05, 4.69) is 0 Å². The van der Waals surface area contributed by atoms with Crippen molar-refractivity contribution >= 4 is 30.3 Å². The van der Waals surface area contributed by atoms with Gasteiger partial charge in [-0.15, -0.1) is 0 Å². The number of benzene rings is 2. The molecule has 3 aliphatic heterocycles. The van der Waals surface area contributed by atoms with E-state index in [0.29, 0.717) is 36.3 Å². The normalized spacial score (nSPS) is 25.8. The zero-order valence-electron chi connectivity index (χ0n) is 23.6. The van der Waals surface area contributed by atoms with Crippen molar-refractivity contribution in [2.45, 2.75) is 83.3 Å². The Bertz CT molecular complexity index is 1250. The number of rotatable bonds is 3. The lowest BCUT2D eigenvalue weighted by atomic mass is 9.72.